The van der Waals surface area contributed by atoms with Gasteiger partial charge in [0, 0.05) is 12.0 Å². The normalized spacial score (nSPS) is 11.3. The van der Waals surface area contributed by atoms with Crippen molar-refractivity contribution < 1.29 is 22.7 Å². The van der Waals surface area contributed by atoms with Crippen LogP contribution in [0.2, 0.25) is 0 Å². The van der Waals surface area contributed by atoms with Crippen molar-refractivity contribution in [3.63, 3.8) is 0 Å². The molecule has 17 heavy (non-hydrogen) atoms. The fourth-order valence-corrected chi connectivity index (χ4v) is 1.27. The Bertz CT molecular complexity index is 373. The highest BCUT2D eigenvalue weighted by Gasteiger charge is 2.26. The van der Waals surface area contributed by atoms with Gasteiger partial charge in [-0.15, -0.1) is 0 Å². The van der Waals surface area contributed by atoms with E-state index in [0.717, 1.165) is 0 Å². The van der Waals surface area contributed by atoms with E-state index in [1.54, 1.807) is 0 Å². The van der Waals surface area contributed by atoms with Gasteiger partial charge in [-0.2, -0.15) is 13.2 Å². The van der Waals surface area contributed by atoms with Crippen LogP contribution in [-0.2, 0) is 0 Å². The molecule has 0 amide bonds. The van der Waals surface area contributed by atoms with Crippen molar-refractivity contribution in [3.05, 3.63) is 29.8 Å². The first kappa shape index (κ1) is 13.8. The first-order valence-electron chi connectivity index (χ1n) is 4.88. The van der Waals surface area contributed by atoms with E-state index in [1.807, 2.05) is 0 Å². The molecule has 0 aliphatic heterocycles. The second-order valence-corrected chi connectivity index (χ2v) is 3.71. The first-order chi connectivity index (χ1) is 7.88. The third-order valence-electron chi connectivity index (χ3n) is 1.95. The van der Waals surface area contributed by atoms with E-state index in [0.29, 0.717) is 11.3 Å². The Hall–Kier alpha value is -1.23. The smallest absolute Gasteiger partial charge is 0.389 e. The van der Waals surface area contributed by atoms with Crippen LogP contribution in [0.25, 0.3) is 0 Å². The van der Waals surface area contributed by atoms with Crippen LogP contribution in [0.3, 0.4) is 0 Å². The lowest BCUT2D eigenvalue weighted by Crippen LogP contribution is -2.09. The number of rotatable bonds is 5. The zero-order valence-electron chi connectivity index (χ0n) is 8.76. The van der Waals surface area contributed by atoms with Crippen LogP contribution in [0, 0.1) is 0 Å². The third-order valence-corrected chi connectivity index (χ3v) is 2.17. The van der Waals surface area contributed by atoms with Crippen LogP contribution in [0.1, 0.15) is 23.2 Å². The van der Waals surface area contributed by atoms with Gasteiger partial charge in [0.1, 0.15) is 5.75 Å². The molecule has 0 heterocycles. The van der Waals surface area contributed by atoms with Gasteiger partial charge >= 0.3 is 6.18 Å². The molecular formula is C11H10ClF3O2. The lowest BCUT2D eigenvalue weighted by molar-refractivity contribution is -0.136. The Balaban J connectivity index is 2.35. The minimum atomic E-state index is -4.15. The maximum absolute atomic E-state index is 11.8. The molecule has 1 aromatic rings. The van der Waals surface area contributed by atoms with Crippen LogP contribution in [0.4, 0.5) is 13.2 Å². The summed E-state index contributed by atoms with van der Waals surface area (Å²) in [6.45, 7) is -0.0202. The van der Waals surface area contributed by atoms with E-state index >= 15 is 0 Å². The molecule has 0 N–H and O–H groups in total. The molecule has 0 aromatic heterocycles. The van der Waals surface area contributed by atoms with Crippen molar-refractivity contribution in [1.29, 1.82) is 0 Å². The molecule has 0 radical (unpaired) electrons. The highest BCUT2D eigenvalue weighted by molar-refractivity contribution is 6.67. The van der Waals surface area contributed by atoms with Gasteiger partial charge in [0.25, 0.3) is 5.24 Å². The maximum atomic E-state index is 11.8. The standard InChI is InChI=1S/C11H10ClF3O2/c12-10(16)8-2-4-9(5-3-8)17-7-1-6-11(13,14)15/h2-5H,1,6-7H2. The van der Waals surface area contributed by atoms with E-state index in [4.69, 9.17) is 16.3 Å². The summed E-state index contributed by atoms with van der Waals surface area (Å²) in [6, 6.07) is 5.88. The molecule has 0 spiro atoms. The van der Waals surface area contributed by atoms with Crippen molar-refractivity contribution in [3.8, 4) is 5.75 Å². The fraction of sp³-hybridized carbons (Fsp3) is 0.364. The molecule has 0 aliphatic rings. The zero-order valence-corrected chi connectivity index (χ0v) is 9.52. The zero-order chi connectivity index (χ0) is 12.9. The number of hydrogen-bond acceptors (Lipinski definition) is 2. The van der Waals surface area contributed by atoms with E-state index < -0.39 is 17.8 Å². The molecule has 0 fully saturated rings. The van der Waals surface area contributed by atoms with Crippen LogP contribution < -0.4 is 4.74 Å². The van der Waals surface area contributed by atoms with Gasteiger partial charge in [-0.05, 0) is 42.3 Å². The number of carbonyl (C=O) groups excluding carboxylic acids is 1. The molecule has 94 valence electrons. The highest BCUT2D eigenvalue weighted by Crippen LogP contribution is 2.21. The van der Waals surface area contributed by atoms with E-state index in [9.17, 15) is 18.0 Å². The summed E-state index contributed by atoms with van der Waals surface area (Å²) in [5.74, 6) is 0.411. The summed E-state index contributed by atoms with van der Waals surface area (Å²) >= 11 is 5.23. The highest BCUT2D eigenvalue weighted by atomic mass is 35.5. The van der Waals surface area contributed by atoms with E-state index in [1.165, 1.54) is 24.3 Å². The number of halogens is 4. The van der Waals surface area contributed by atoms with Crippen molar-refractivity contribution >= 4 is 16.8 Å². The molecule has 6 heteroatoms. The summed E-state index contributed by atoms with van der Waals surface area (Å²) in [6.07, 6.45) is -5.12. The second kappa shape index (κ2) is 5.91. The van der Waals surface area contributed by atoms with Crippen molar-refractivity contribution in [1.82, 2.24) is 0 Å². The minimum absolute atomic E-state index is 0.0202. The average Bonchev–Trinajstić information content (AvgIpc) is 2.24. The molecule has 0 bridgehead atoms. The molecule has 2 nitrogen and oxygen atoms in total. The van der Waals surface area contributed by atoms with Crippen molar-refractivity contribution in [2.24, 2.45) is 0 Å². The van der Waals surface area contributed by atoms with Gasteiger partial charge in [-0.1, -0.05) is 0 Å². The SMILES string of the molecule is O=C(Cl)c1ccc(OCCCC(F)(F)F)cc1. The molecule has 0 atom stereocenters. The average molecular weight is 267 g/mol. The Labute approximate surface area is 101 Å². The Morgan fingerprint density at radius 2 is 1.82 bits per heavy atom. The van der Waals surface area contributed by atoms with Crippen LogP contribution >= 0.6 is 11.6 Å². The number of carbonyl (C=O) groups is 1. The summed E-state index contributed by atoms with van der Waals surface area (Å²) in [5, 5.41) is -0.589. The predicted octanol–water partition coefficient (Wildman–Crippen LogP) is 3.79. The lowest BCUT2D eigenvalue weighted by Gasteiger charge is -2.08. The van der Waals surface area contributed by atoms with E-state index in [-0.39, 0.29) is 13.0 Å². The number of alkyl halides is 3. The maximum Gasteiger partial charge on any atom is 0.389 e. The van der Waals surface area contributed by atoms with Gasteiger partial charge < -0.3 is 4.74 Å². The quantitative estimate of drug-likeness (QED) is 0.599. The lowest BCUT2D eigenvalue weighted by atomic mass is 10.2. The topological polar surface area (TPSA) is 26.3 Å². The monoisotopic (exact) mass is 266 g/mol. The van der Waals surface area contributed by atoms with Gasteiger partial charge in [0.15, 0.2) is 0 Å². The van der Waals surface area contributed by atoms with Gasteiger partial charge in [-0.3, -0.25) is 4.79 Å². The molecule has 1 aromatic carbocycles. The molecular weight excluding hydrogens is 257 g/mol. The molecule has 0 aliphatic carbocycles. The number of benzene rings is 1. The largest absolute Gasteiger partial charge is 0.494 e. The first-order valence-corrected chi connectivity index (χ1v) is 5.26. The Kier molecular flexibility index (Phi) is 4.81. The van der Waals surface area contributed by atoms with Gasteiger partial charge in [0.2, 0.25) is 0 Å². The summed E-state index contributed by atoms with van der Waals surface area (Å²) < 4.78 is 40.5. The minimum Gasteiger partial charge on any atom is -0.494 e. The molecule has 0 unspecified atom stereocenters. The Morgan fingerprint density at radius 1 is 1.24 bits per heavy atom. The molecule has 0 saturated heterocycles. The van der Waals surface area contributed by atoms with Gasteiger partial charge in [-0.25, -0.2) is 0 Å². The van der Waals surface area contributed by atoms with Gasteiger partial charge in [0.05, 0.1) is 6.61 Å². The summed E-state index contributed by atoms with van der Waals surface area (Å²) in [4.78, 5) is 10.7. The van der Waals surface area contributed by atoms with Crippen LogP contribution in [0.5, 0.6) is 5.75 Å². The van der Waals surface area contributed by atoms with E-state index in [2.05, 4.69) is 0 Å². The summed E-state index contributed by atoms with van der Waals surface area (Å²) in [5.41, 5.74) is 0.314. The van der Waals surface area contributed by atoms with Crippen LogP contribution in [-0.4, -0.2) is 18.0 Å². The number of hydrogen-bond donors (Lipinski definition) is 0. The predicted molar refractivity (Wildman–Crippen MR) is 57.4 cm³/mol. The molecule has 1 rings (SSSR count). The second-order valence-electron chi connectivity index (χ2n) is 3.37. The Morgan fingerprint density at radius 3 is 2.29 bits per heavy atom. The molecule has 0 saturated carbocycles. The third kappa shape index (κ3) is 5.58. The number of ether oxygens (including phenoxy) is 1. The fourth-order valence-electron chi connectivity index (χ4n) is 1.14. The van der Waals surface area contributed by atoms with Crippen molar-refractivity contribution in [2.45, 2.75) is 19.0 Å². The van der Waals surface area contributed by atoms with Crippen LogP contribution in [0.15, 0.2) is 24.3 Å². The van der Waals surface area contributed by atoms with Crippen molar-refractivity contribution in [2.75, 3.05) is 6.61 Å². The summed E-state index contributed by atoms with van der Waals surface area (Å²) in [7, 11) is 0.